The summed E-state index contributed by atoms with van der Waals surface area (Å²) in [5.41, 5.74) is 1.41. The maximum Gasteiger partial charge on any atom is 0.416 e. The molecule has 1 amide bonds. The van der Waals surface area contributed by atoms with Crippen molar-refractivity contribution in [3.05, 3.63) is 65.2 Å². The van der Waals surface area contributed by atoms with Crippen molar-refractivity contribution in [2.75, 3.05) is 18.0 Å². The summed E-state index contributed by atoms with van der Waals surface area (Å²) in [6.07, 6.45) is -2.75. The van der Waals surface area contributed by atoms with Gasteiger partial charge in [0.05, 0.1) is 23.1 Å². The van der Waals surface area contributed by atoms with Crippen LogP contribution in [0.2, 0.25) is 0 Å². The highest BCUT2D eigenvalue weighted by atomic mass is 19.4. The molecule has 1 heterocycles. The molecule has 3 rings (SSSR count). The first kappa shape index (κ1) is 19.7. The molecule has 28 heavy (non-hydrogen) atoms. The van der Waals surface area contributed by atoms with Gasteiger partial charge in [0.15, 0.2) is 0 Å². The molecule has 1 aliphatic rings. The summed E-state index contributed by atoms with van der Waals surface area (Å²) >= 11 is 0. The van der Waals surface area contributed by atoms with Gasteiger partial charge in [-0.2, -0.15) is 18.4 Å². The number of nitrogens with one attached hydrogen (secondary N) is 1. The molecule has 0 saturated carbocycles. The van der Waals surface area contributed by atoms with Crippen LogP contribution in [0, 0.1) is 17.2 Å². The average Bonchev–Trinajstić information content (AvgIpc) is 2.72. The van der Waals surface area contributed by atoms with Crippen LogP contribution in [0.3, 0.4) is 0 Å². The lowest BCUT2D eigenvalue weighted by Gasteiger charge is -2.33. The second-order valence-electron chi connectivity index (χ2n) is 6.86. The number of carbonyl (C=O) groups excluding carboxylic acids is 1. The zero-order valence-electron chi connectivity index (χ0n) is 15.2. The van der Waals surface area contributed by atoms with Crippen molar-refractivity contribution in [1.29, 1.82) is 5.26 Å². The maximum absolute atomic E-state index is 12.6. The van der Waals surface area contributed by atoms with Gasteiger partial charge in [-0.1, -0.05) is 18.2 Å². The molecule has 7 heteroatoms. The van der Waals surface area contributed by atoms with E-state index in [0.29, 0.717) is 17.7 Å². The number of alkyl halides is 3. The van der Waals surface area contributed by atoms with Crippen molar-refractivity contribution in [3.63, 3.8) is 0 Å². The lowest BCUT2D eigenvalue weighted by atomic mass is 9.96. The summed E-state index contributed by atoms with van der Waals surface area (Å²) in [4.78, 5) is 14.6. The number of hydrogen-bond donors (Lipinski definition) is 1. The molecule has 1 unspecified atom stereocenters. The van der Waals surface area contributed by atoms with E-state index in [1.807, 2.05) is 18.2 Å². The van der Waals surface area contributed by atoms with E-state index in [2.05, 4.69) is 16.3 Å². The van der Waals surface area contributed by atoms with E-state index in [9.17, 15) is 18.0 Å². The van der Waals surface area contributed by atoms with Gasteiger partial charge in [0.25, 0.3) is 0 Å². The molecule has 0 aromatic heterocycles. The second-order valence-corrected chi connectivity index (χ2v) is 6.86. The number of halogens is 3. The zero-order chi connectivity index (χ0) is 20.1. The van der Waals surface area contributed by atoms with E-state index in [-0.39, 0.29) is 18.4 Å². The number of nitriles is 1. The Bertz CT molecular complexity index is 872. The first-order valence-electron chi connectivity index (χ1n) is 9.06. The summed E-state index contributed by atoms with van der Waals surface area (Å²) in [6, 6.07) is 14.2. The highest BCUT2D eigenvalue weighted by Crippen LogP contribution is 2.29. The van der Waals surface area contributed by atoms with E-state index in [1.165, 1.54) is 12.1 Å². The SMILES string of the molecule is N#Cc1cccc(N2CCCC(C(=O)NCc3ccc(C(F)(F)F)cc3)C2)c1. The molecule has 2 aromatic carbocycles. The predicted molar refractivity (Wildman–Crippen MR) is 99.4 cm³/mol. The van der Waals surface area contributed by atoms with Crippen LogP contribution in [0.1, 0.15) is 29.5 Å². The van der Waals surface area contributed by atoms with Gasteiger partial charge in [-0.05, 0) is 48.7 Å². The van der Waals surface area contributed by atoms with Gasteiger partial charge in [0.1, 0.15) is 0 Å². The Morgan fingerprint density at radius 1 is 1.21 bits per heavy atom. The number of nitrogens with zero attached hydrogens (tertiary/aromatic N) is 2. The molecule has 1 N–H and O–H groups in total. The minimum Gasteiger partial charge on any atom is -0.371 e. The van der Waals surface area contributed by atoms with Gasteiger partial charge in [0.2, 0.25) is 5.91 Å². The molecule has 0 bridgehead atoms. The molecule has 1 saturated heterocycles. The normalized spacial score (nSPS) is 17.1. The first-order chi connectivity index (χ1) is 13.4. The van der Waals surface area contributed by atoms with Crippen molar-refractivity contribution >= 4 is 11.6 Å². The van der Waals surface area contributed by atoms with Crippen LogP contribution in [-0.2, 0) is 17.5 Å². The number of carbonyl (C=O) groups is 1. The molecule has 1 atom stereocenters. The van der Waals surface area contributed by atoms with Crippen LogP contribution in [0.15, 0.2) is 48.5 Å². The largest absolute Gasteiger partial charge is 0.416 e. The second kappa shape index (κ2) is 8.34. The summed E-state index contributed by atoms with van der Waals surface area (Å²) in [7, 11) is 0. The maximum atomic E-state index is 12.6. The Morgan fingerprint density at radius 2 is 1.96 bits per heavy atom. The fourth-order valence-electron chi connectivity index (χ4n) is 3.34. The van der Waals surface area contributed by atoms with Crippen molar-refractivity contribution in [3.8, 4) is 6.07 Å². The molecule has 4 nitrogen and oxygen atoms in total. The Kier molecular flexibility index (Phi) is 5.88. The van der Waals surface area contributed by atoms with Crippen LogP contribution in [-0.4, -0.2) is 19.0 Å². The lowest BCUT2D eigenvalue weighted by Crippen LogP contribution is -2.43. The zero-order valence-corrected chi connectivity index (χ0v) is 15.2. The minimum absolute atomic E-state index is 0.110. The summed E-state index contributed by atoms with van der Waals surface area (Å²) < 4.78 is 37.8. The molecule has 146 valence electrons. The van der Waals surface area contributed by atoms with Crippen molar-refractivity contribution < 1.29 is 18.0 Å². The van der Waals surface area contributed by atoms with Gasteiger partial charge in [0, 0.05) is 25.3 Å². The smallest absolute Gasteiger partial charge is 0.371 e. The molecule has 0 aliphatic carbocycles. The van der Waals surface area contributed by atoms with Crippen molar-refractivity contribution in [1.82, 2.24) is 5.32 Å². The van der Waals surface area contributed by atoms with Crippen LogP contribution >= 0.6 is 0 Å². The molecule has 0 spiro atoms. The molecule has 1 fully saturated rings. The van der Waals surface area contributed by atoms with Crippen LogP contribution < -0.4 is 10.2 Å². The summed E-state index contributed by atoms with van der Waals surface area (Å²) in [6.45, 7) is 1.56. The van der Waals surface area contributed by atoms with Crippen LogP contribution in [0.5, 0.6) is 0 Å². The Hall–Kier alpha value is -3.01. The number of rotatable bonds is 4. The fraction of sp³-hybridized carbons (Fsp3) is 0.333. The molecular weight excluding hydrogens is 367 g/mol. The predicted octanol–water partition coefficient (Wildman–Crippen LogP) is 4.11. The first-order valence-corrected chi connectivity index (χ1v) is 9.06. The van der Waals surface area contributed by atoms with Gasteiger partial charge in [-0.3, -0.25) is 4.79 Å². The van der Waals surface area contributed by atoms with E-state index in [1.54, 1.807) is 6.07 Å². The number of amides is 1. The fourth-order valence-corrected chi connectivity index (χ4v) is 3.34. The minimum atomic E-state index is -4.36. The number of benzene rings is 2. The third-order valence-corrected chi connectivity index (χ3v) is 4.88. The lowest BCUT2D eigenvalue weighted by molar-refractivity contribution is -0.137. The van der Waals surface area contributed by atoms with Crippen molar-refractivity contribution in [2.45, 2.75) is 25.6 Å². The topological polar surface area (TPSA) is 56.1 Å². The third kappa shape index (κ3) is 4.83. The Balaban J connectivity index is 1.57. The standard InChI is InChI=1S/C21H20F3N3O/c22-21(23,24)18-8-6-15(7-9-18)13-26-20(28)17-4-2-10-27(14-17)19-5-1-3-16(11-19)12-25/h1,3,5-9,11,17H,2,4,10,13-14H2,(H,26,28). The number of hydrogen-bond acceptors (Lipinski definition) is 3. The Morgan fingerprint density at radius 3 is 2.64 bits per heavy atom. The summed E-state index contributed by atoms with van der Waals surface area (Å²) in [5.74, 6) is -0.310. The van der Waals surface area contributed by atoms with Gasteiger partial charge < -0.3 is 10.2 Å². The third-order valence-electron chi connectivity index (χ3n) is 4.88. The van der Waals surface area contributed by atoms with E-state index < -0.39 is 11.7 Å². The quantitative estimate of drug-likeness (QED) is 0.859. The van der Waals surface area contributed by atoms with Crippen LogP contribution in [0.4, 0.5) is 18.9 Å². The van der Waals surface area contributed by atoms with Gasteiger partial charge in [-0.15, -0.1) is 0 Å². The highest BCUT2D eigenvalue weighted by Gasteiger charge is 2.30. The molecule has 0 radical (unpaired) electrons. The van der Waals surface area contributed by atoms with Crippen LogP contribution in [0.25, 0.3) is 0 Å². The number of piperidine rings is 1. The van der Waals surface area contributed by atoms with Gasteiger partial charge >= 0.3 is 6.18 Å². The van der Waals surface area contributed by atoms with E-state index >= 15 is 0 Å². The Labute approximate surface area is 161 Å². The monoisotopic (exact) mass is 387 g/mol. The van der Waals surface area contributed by atoms with Gasteiger partial charge in [-0.25, -0.2) is 0 Å². The molecule has 2 aromatic rings. The highest BCUT2D eigenvalue weighted by molar-refractivity contribution is 5.79. The molecular formula is C21H20F3N3O. The van der Waals surface area contributed by atoms with Crippen molar-refractivity contribution in [2.24, 2.45) is 5.92 Å². The van der Waals surface area contributed by atoms with E-state index in [4.69, 9.17) is 5.26 Å². The van der Waals surface area contributed by atoms with E-state index in [0.717, 1.165) is 37.2 Å². The summed E-state index contributed by atoms with van der Waals surface area (Å²) in [5, 5.41) is 11.9. The average molecular weight is 387 g/mol. The number of anilines is 1. The molecule has 1 aliphatic heterocycles.